The van der Waals surface area contributed by atoms with Crippen LogP contribution in [0.25, 0.3) is 0 Å². The first kappa shape index (κ1) is 16.3. The summed E-state index contributed by atoms with van der Waals surface area (Å²) in [4.78, 5) is 2.74. The predicted molar refractivity (Wildman–Crippen MR) is 88.0 cm³/mol. The Morgan fingerprint density at radius 2 is 2.00 bits per heavy atom. The molecule has 3 atom stereocenters. The predicted octanol–water partition coefficient (Wildman–Crippen LogP) is 3.91. The van der Waals surface area contributed by atoms with E-state index in [1.807, 2.05) is 0 Å². The summed E-state index contributed by atoms with van der Waals surface area (Å²) in [6, 6.07) is 0.775. The van der Waals surface area contributed by atoms with Crippen LogP contribution in [0.2, 0.25) is 0 Å². The van der Waals surface area contributed by atoms with E-state index in [1.165, 1.54) is 58.2 Å². The van der Waals surface area contributed by atoms with Gasteiger partial charge in [0.25, 0.3) is 0 Å². The zero-order valence-electron chi connectivity index (χ0n) is 14.3. The van der Waals surface area contributed by atoms with Crippen molar-refractivity contribution < 1.29 is 0 Å². The molecule has 0 amide bonds. The third-order valence-corrected chi connectivity index (χ3v) is 5.50. The van der Waals surface area contributed by atoms with Crippen molar-refractivity contribution in [2.45, 2.75) is 72.3 Å². The Balaban J connectivity index is 1.89. The molecule has 0 aromatic carbocycles. The molecule has 20 heavy (non-hydrogen) atoms. The van der Waals surface area contributed by atoms with Gasteiger partial charge in [-0.3, -0.25) is 0 Å². The van der Waals surface area contributed by atoms with Crippen LogP contribution in [-0.4, -0.2) is 37.1 Å². The molecule has 118 valence electrons. The van der Waals surface area contributed by atoms with E-state index in [4.69, 9.17) is 0 Å². The van der Waals surface area contributed by atoms with Crippen LogP contribution < -0.4 is 5.32 Å². The average Bonchev–Trinajstić information content (AvgIpc) is 2.72. The normalized spacial score (nSPS) is 34.5. The summed E-state index contributed by atoms with van der Waals surface area (Å²) < 4.78 is 0. The molecule has 1 aliphatic carbocycles. The Kier molecular flexibility index (Phi) is 5.92. The molecule has 2 rings (SSSR count). The summed E-state index contributed by atoms with van der Waals surface area (Å²) >= 11 is 0. The molecule has 2 aliphatic rings. The molecule has 3 unspecified atom stereocenters. The molecule has 0 aromatic heterocycles. The monoisotopic (exact) mass is 280 g/mol. The lowest BCUT2D eigenvalue weighted by atomic mass is 9.76. The molecule has 0 spiro atoms. The van der Waals surface area contributed by atoms with E-state index in [9.17, 15) is 0 Å². The van der Waals surface area contributed by atoms with Crippen LogP contribution in [0, 0.1) is 17.3 Å². The molecule has 1 heterocycles. The topological polar surface area (TPSA) is 15.3 Å². The maximum absolute atomic E-state index is 3.77. The maximum atomic E-state index is 3.77. The van der Waals surface area contributed by atoms with Gasteiger partial charge in [0.2, 0.25) is 0 Å². The summed E-state index contributed by atoms with van der Waals surface area (Å²) in [6.07, 6.45) is 8.50. The summed E-state index contributed by atoms with van der Waals surface area (Å²) in [6.45, 7) is 14.5. The van der Waals surface area contributed by atoms with Gasteiger partial charge >= 0.3 is 0 Å². The average molecular weight is 281 g/mol. The van der Waals surface area contributed by atoms with Gasteiger partial charge in [0.15, 0.2) is 0 Å². The molecule has 1 saturated heterocycles. The molecule has 1 N–H and O–H groups in total. The standard InChI is InChI=1S/C18H36N2/c1-5-7-15-8-9-17(19-6-2)16(12-15)13-20-11-10-18(3,4)14-20/h15-17,19H,5-14H2,1-4H3. The molecule has 0 aromatic rings. The van der Waals surface area contributed by atoms with Crippen LogP contribution in [0.5, 0.6) is 0 Å². The highest BCUT2D eigenvalue weighted by molar-refractivity contribution is 4.90. The van der Waals surface area contributed by atoms with Crippen LogP contribution in [0.3, 0.4) is 0 Å². The summed E-state index contributed by atoms with van der Waals surface area (Å²) in [5.74, 6) is 1.88. The Bertz CT molecular complexity index is 287. The molecule has 0 radical (unpaired) electrons. The minimum absolute atomic E-state index is 0.547. The van der Waals surface area contributed by atoms with Gasteiger partial charge in [0.1, 0.15) is 0 Å². The van der Waals surface area contributed by atoms with Crippen molar-refractivity contribution in [1.29, 1.82) is 0 Å². The zero-order chi connectivity index (χ0) is 14.6. The van der Waals surface area contributed by atoms with E-state index in [0.29, 0.717) is 5.41 Å². The van der Waals surface area contributed by atoms with E-state index in [0.717, 1.165) is 24.4 Å². The van der Waals surface area contributed by atoms with Crippen molar-refractivity contribution in [2.24, 2.45) is 17.3 Å². The molecule has 2 heteroatoms. The molecular formula is C18H36N2. The number of likely N-dealkylation sites (tertiary alicyclic amines) is 1. The van der Waals surface area contributed by atoms with Crippen molar-refractivity contribution in [3.05, 3.63) is 0 Å². The van der Waals surface area contributed by atoms with Gasteiger partial charge in [0, 0.05) is 19.1 Å². The lowest BCUT2D eigenvalue weighted by molar-refractivity contribution is 0.144. The van der Waals surface area contributed by atoms with Crippen LogP contribution in [-0.2, 0) is 0 Å². The van der Waals surface area contributed by atoms with Crippen LogP contribution in [0.4, 0.5) is 0 Å². The molecule has 1 saturated carbocycles. The van der Waals surface area contributed by atoms with Gasteiger partial charge in [-0.1, -0.05) is 40.5 Å². The van der Waals surface area contributed by atoms with Crippen molar-refractivity contribution in [1.82, 2.24) is 10.2 Å². The first-order valence-electron chi connectivity index (χ1n) is 9.00. The van der Waals surface area contributed by atoms with Gasteiger partial charge in [0.05, 0.1) is 0 Å². The van der Waals surface area contributed by atoms with Gasteiger partial charge in [-0.05, 0) is 56.0 Å². The van der Waals surface area contributed by atoms with Crippen molar-refractivity contribution >= 4 is 0 Å². The van der Waals surface area contributed by atoms with Gasteiger partial charge in [-0.25, -0.2) is 0 Å². The minimum atomic E-state index is 0.547. The van der Waals surface area contributed by atoms with Gasteiger partial charge in [-0.2, -0.15) is 0 Å². The Hall–Kier alpha value is -0.0800. The van der Waals surface area contributed by atoms with E-state index < -0.39 is 0 Å². The fraction of sp³-hybridized carbons (Fsp3) is 1.00. The van der Waals surface area contributed by atoms with Crippen molar-refractivity contribution in [3.8, 4) is 0 Å². The second-order valence-corrected chi connectivity index (χ2v) is 8.04. The second kappa shape index (κ2) is 7.26. The first-order valence-corrected chi connectivity index (χ1v) is 9.00. The smallest absolute Gasteiger partial charge is 0.0108 e. The quantitative estimate of drug-likeness (QED) is 0.793. The number of hydrogen-bond donors (Lipinski definition) is 1. The third-order valence-electron chi connectivity index (χ3n) is 5.50. The largest absolute Gasteiger partial charge is 0.314 e. The van der Waals surface area contributed by atoms with Gasteiger partial charge in [-0.15, -0.1) is 0 Å². The number of nitrogens with zero attached hydrogens (tertiary/aromatic N) is 1. The van der Waals surface area contributed by atoms with E-state index >= 15 is 0 Å². The number of rotatable bonds is 6. The molecular weight excluding hydrogens is 244 g/mol. The van der Waals surface area contributed by atoms with Crippen LogP contribution in [0.15, 0.2) is 0 Å². The summed E-state index contributed by atoms with van der Waals surface area (Å²) in [7, 11) is 0. The Morgan fingerprint density at radius 1 is 1.20 bits per heavy atom. The zero-order valence-corrected chi connectivity index (χ0v) is 14.3. The van der Waals surface area contributed by atoms with Gasteiger partial charge < -0.3 is 10.2 Å². The SMILES string of the molecule is CCCC1CCC(NCC)C(CN2CCC(C)(C)C2)C1. The Morgan fingerprint density at radius 3 is 2.60 bits per heavy atom. The molecule has 0 bridgehead atoms. The van der Waals surface area contributed by atoms with Crippen LogP contribution >= 0.6 is 0 Å². The maximum Gasteiger partial charge on any atom is 0.0108 e. The van der Waals surface area contributed by atoms with E-state index in [2.05, 4.69) is 37.9 Å². The second-order valence-electron chi connectivity index (χ2n) is 8.04. The number of hydrogen-bond acceptors (Lipinski definition) is 2. The Labute approximate surface area is 126 Å². The number of nitrogens with one attached hydrogen (secondary N) is 1. The first-order chi connectivity index (χ1) is 9.54. The molecule has 2 fully saturated rings. The van der Waals surface area contributed by atoms with E-state index in [-0.39, 0.29) is 0 Å². The fourth-order valence-corrected chi connectivity index (χ4v) is 4.48. The molecule has 1 aliphatic heterocycles. The lowest BCUT2D eigenvalue weighted by Crippen LogP contribution is -2.45. The van der Waals surface area contributed by atoms with E-state index in [1.54, 1.807) is 0 Å². The van der Waals surface area contributed by atoms with Crippen LogP contribution in [0.1, 0.15) is 66.2 Å². The lowest BCUT2D eigenvalue weighted by Gasteiger charge is -2.39. The molecule has 2 nitrogen and oxygen atoms in total. The highest BCUT2D eigenvalue weighted by Gasteiger charge is 2.34. The highest BCUT2D eigenvalue weighted by atomic mass is 15.2. The van der Waals surface area contributed by atoms with Crippen molar-refractivity contribution in [2.75, 3.05) is 26.2 Å². The third kappa shape index (κ3) is 4.46. The van der Waals surface area contributed by atoms with Crippen molar-refractivity contribution in [3.63, 3.8) is 0 Å². The summed E-state index contributed by atoms with van der Waals surface area (Å²) in [5, 5.41) is 3.77. The summed E-state index contributed by atoms with van der Waals surface area (Å²) in [5.41, 5.74) is 0.547. The fourth-order valence-electron chi connectivity index (χ4n) is 4.48. The highest BCUT2D eigenvalue weighted by Crippen LogP contribution is 2.35. The minimum Gasteiger partial charge on any atom is -0.314 e.